The van der Waals surface area contributed by atoms with Crippen LogP contribution in [0, 0.1) is 11.3 Å². The fourth-order valence-corrected chi connectivity index (χ4v) is 1.21. The van der Waals surface area contributed by atoms with Crippen LogP contribution in [0.1, 0.15) is 38.1 Å². The molecule has 0 bridgehead atoms. The van der Waals surface area contributed by atoms with Crippen molar-refractivity contribution < 1.29 is 4.79 Å². The Kier molecular flexibility index (Phi) is 4.10. The number of nitrogens with one attached hydrogen (secondary N) is 2. The minimum atomic E-state index is -0.204. The zero-order valence-electron chi connectivity index (χ0n) is 10.8. The number of amides is 1. The van der Waals surface area contributed by atoms with Crippen LogP contribution in [0.5, 0.6) is 0 Å². The minimum absolute atomic E-state index is 0.155. The zero-order chi connectivity index (χ0) is 13.1. The first-order valence-corrected chi connectivity index (χ1v) is 5.77. The largest absolute Gasteiger partial charge is 0.352 e. The molecule has 1 aromatic heterocycles. The number of pyridine rings is 1. The number of aromatic nitrogens is 1. The van der Waals surface area contributed by atoms with Gasteiger partial charge < -0.3 is 10.3 Å². The highest BCUT2D eigenvalue weighted by Gasteiger charge is 2.20. The van der Waals surface area contributed by atoms with Gasteiger partial charge in [0.1, 0.15) is 0 Å². The standard InChI is InChI=1S/C13H20N2O2/c1-9(13(2,3)4)7-15-12(17)10-5-6-11(16)14-8-10/h5-6,8-9H,7H2,1-4H3,(H,14,16)(H,15,17). The smallest absolute Gasteiger partial charge is 0.252 e. The van der Waals surface area contributed by atoms with Crippen LogP contribution in [0.4, 0.5) is 0 Å². The second kappa shape index (κ2) is 5.17. The molecule has 0 saturated heterocycles. The summed E-state index contributed by atoms with van der Waals surface area (Å²) < 4.78 is 0. The van der Waals surface area contributed by atoms with E-state index in [4.69, 9.17) is 0 Å². The number of H-pyrrole nitrogens is 1. The van der Waals surface area contributed by atoms with Crippen LogP contribution in [0.3, 0.4) is 0 Å². The molecule has 0 fully saturated rings. The third-order valence-corrected chi connectivity index (χ3v) is 3.09. The summed E-state index contributed by atoms with van der Waals surface area (Å²) >= 11 is 0. The molecule has 4 heteroatoms. The number of hydrogen-bond donors (Lipinski definition) is 2. The summed E-state index contributed by atoms with van der Waals surface area (Å²) in [7, 11) is 0. The number of aromatic amines is 1. The molecule has 1 heterocycles. The van der Waals surface area contributed by atoms with Gasteiger partial charge in [0, 0.05) is 18.8 Å². The lowest BCUT2D eigenvalue weighted by atomic mass is 9.82. The predicted octanol–water partition coefficient (Wildman–Crippen LogP) is 1.79. The molecule has 0 aromatic carbocycles. The quantitative estimate of drug-likeness (QED) is 0.840. The molecule has 0 saturated carbocycles. The lowest BCUT2D eigenvalue weighted by Crippen LogP contribution is -2.33. The topological polar surface area (TPSA) is 62.0 Å². The molecule has 1 aromatic rings. The van der Waals surface area contributed by atoms with Gasteiger partial charge >= 0.3 is 0 Å². The highest BCUT2D eigenvalue weighted by Crippen LogP contribution is 2.24. The fraction of sp³-hybridized carbons (Fsp3) is 0.538. The third kappa shape index (κ3) is 4.06. The van der Waals surface area contributed by atoms with Gasteiger partial charge in [0.2, 0.25) is 5.56 Å². The van der Waals surface area contributed by atoms with E-state index < -0.39 is 0 Å². The van der Waals surface area contributed by atoms with E-state index in [1.165, 1.54) is 18.3 Å². The molecule has 0 radical (unpaired) electrons. The molecule has 2 N–H and O–H groups in total. The molecule has 1 atom stereocenters. The summed E-state index contributed by atoms with van der Waals surface area (Å²) in [6.07, 6.45) is 1.43. The summed E-state index contributed by atoms with van der Waals surface area (Å²) in [5.74, 6) is 0.228. The Morgan fingerprint density at radius 3 is 2.53 bits per heavy atom. The summed E-state index contributed by atoms with van der Waals surface area (Å²) in [5.41, 5.74) is 0.438. The molecule has 0 aliphatic heterocycles. The van der Waals surface area contributed by atoms with Crippen LogP contribution in [0.2, 0.25) is 0 Å². The average Bonchev–Trinajstić information content (AvgIpc) is 2.25. The molecule has 4 nitrogen and oxygen atoms in total. The van der Waals surface area contributed by atoms with Crippen molar-refractivity contribution in [3.8, 4) is 0 Å². The molecule has 1 amide bonds. The van der Waals surface area contributed by atoms with Crippen molar-refractivity contribution in [3.05, 3.63) is 34.2 Å². The Balaban J connectivity index is 2.56. The van der Waals surface area contributed by atoms with Gasteiger partial charge in [-0.2, -0.15) is 0 Å². The van der Waals surface area contributed by atoms with Crippen LogP contribution < -0.4 is 10.9 Å². The first-order chi connectivity index (χ1) is 7.80. The van der Waals surface area contributed by atoms with Gasteiger partial charge in [0.25, 0.3) is 5.91 Å². The molecule has 17 heavy (non-hydrogen) atoms. The number of hydrogen-bond acceptors (Lipinski definition) is 2. The fourth-order valence-electron chi connectivity index (χ4n) is 1.21. The van der Waals surface area contributed by atoms with Crippen molar-refractivity contribution in [1.29, 1.82) is 0 Å². The molecule has 0 spiro atoms. The Bertz CT molecular complexity index is 423. The normalized spacial score (nSPS) is 13.2. The molecule has 0 aliphatic carbocycles. The molecular formula is C13H20N2O2. The van der Waals surface area contributed by atoms with Crippen molar-refractivity contribution in [2.24, 2.45) is 11.3 Å². The van der Waals surface area contributed by atoms with Gasteiger partial charge in [-0.3, -0.25) is 9.59 Å². The summed E-state index contributed by atoms with van der Waals surface area (Å²) in [6.45, 7) is 9.16. The van der Waals surface area contributed by atoms with E-state index in [1.54, 1.807) is 0 Å². The van der Waals surface area contributed by atoms with Crippen molar-refractivity contribution >= 4 is 5.91 Å². The third-order valence-electron chi connectivity index (χ3n) is 3.09. The summed E-state index contributed by atoms with van der Waals surface area (Å²) in [5, 5.41) is 2.86. The first kappa shape index (κ1) is 13.5. The van der Waals surface area contributed by atoms with E-state index in [0.29, 0.717) is 18.0 Å². The highest BCUT2D eigenvalue weighted by molar-refractivity contribution is 5.93. The molecule has 94 valence electrons. The Morgan fingerprint density at radius 1 is 1.41 bits per heavy atom. The number of carbonyl (C=O) groups excluding carboxylic acids is 1. The number of carbonyl (C=O) groups is 1. The average molecular weight is 236 g/mol. The highest BCUT2D eigenvalue weighted by atomic mass is 16.1. The van der Waals surface area contributed by atoms with Crippen molar-refractivity contribution in [2.45, 2.75) is 27.7 Å². The van der Waals surface area contributed by atoms with E-state index in [1.807, 2.05) is 0 Å². The monoisotopic (exact) mass is 236 g/mol. The van der Waals surface area contributed by atoms with Crippen LogP contribution in [-0.4, -0.2) is 17.4 Å². The van der Waals surface area contributed by atoms with Crippen molar-refractivity contribution in [3.63, 3.8) is 0 Å². The maximum absolute atomic E-state index is 11.8. The van der Waals surface area contributed by atoms with Crippen LogP contribution in [0.25, 0.3) is 0 Å². The van der Waals surface area contributed by atoms with E-state index in [9.17, 15) is 9.59 Å². The Labute approximate surface area is 101 Å². The maximum atomic E-state index is 11.8. The SMILES string of the molecule is CC(CNC(=O)c1ccc(=O)[nH]c1)C(C)(C)C. The number of rotatable bonds is 3. The lowest BCUT2D eigenvalue weighted by molar-refractivity contribution is 0.0936. The van der Waals surface area contributed by atoms with E-state index in [2.05, 4.69) is 38.0 Å². The molecule has 1 unspecified atom stereocenters. The van der Waals surface area contributed by atoms with Gasteiger partial charge in [-0.05, 0) is 17.4 Å². The second-order valence-corrected chi connectivity index (χ2v) is 5.42. The Hall–Kier alpha value is -1.58. The zero-order valence-corrected chi connectivity index (χ0v) is 10.8. The second-order valence-electron chi connectivity index (χ2n) is 5.42. The molecule has 0 aliphatic rings. The summed E-state index contributed by atoms with van der Waals surface area (Å²) in [6, 6.07) is 2.87. The first-order valence-electron chi connectivity index (χ1n) is 5.77. The van der Waals surface area contributed by atoms with Crippen molar-refractivity contribution in [1.82, 2.24) is 10.3 Å². The van der Waals surface area contributed by atoms with Gasteiger partial charge in [0.05, 0.1) is 5.56 Å². The van der Waals surface area contributed by atoms with E-state index in [-0.39, 0.29) is 16.9 Å². The predicted molar refractivity (Wildman–Crippen MR) is 68.0 cm³/mol. The molecular weight excluding hydrogens is 216 g/mol. The van der Waals surface area contributed by atoms with Crippen molar-refractivity contribution in [2.75, 3.05) is 6.54 Å². The van der Waals surface area contributed by atoms with Gasteiger partial charge in [0.15, 0.2) is 0 Å². The summed E-state index contributed by atoms with van der Waals surface area (Å²) in [4.78, 5) is 25.1. The van der Waals surface area contributed by atoms with Crippen LogP contribution >= 0.6 is 0 Å². The van der Waals surface area contributed by atoms with Crippen LogP contribution in [0.15, 0.2) is 23.1 Å². The van der Waals surface area contributed by atoms with Gasteiger partial charge in [-0.1, -0.05) is 27.7 Å². The van der Waals surface area contributed by atoms with Crippen LogP contribution in [-0.2, 0) is 0 Å². The van der Waals surface area contributed by atoms with E-state index in [0.717, 1.165) is 0 Å². The maximum Gasteiger partial charge on any atom is 0.252 e. The Morgan fingerprint density at radius 2 is 2.06 bits per heavy atom. The minimum Gasteiger partial charge on any atom is -0.352 e. The van der Waals surface area contributed by atoms with Gasteiger partial charge in [-0.25, -0.2) is 0 Å². The molecule has 1 rings (SSSR count). The lowest BCUT2D eigenvalue weighted by Gasteiger charge is -2.27. The van der Waals surface area contributed by atoms with E-state index >= 15 is 0 Å². The van der Waals surface area contributed by atoms with Gasteiger partial charge in [-0.15, -0.1) is 0 Å².